The SMILES string of the molecule is COc1ccc(C2(c3ccccc3C)C=Cc3c(ccc4ccccc34)O2)cc1. The van der Waals surface area contributed by atoms with E-state index in [9.17, 15) is 0 Å². The largest absolute Gasteiger partial charge is 0.497 e. The third-order valence-corrected chi connectivity index (χ3v) is 5.75. The highest BCUT2D eigenvalue weighted by Gasteiger charge is 2.38. The van der Waals surface area contributed by atoms with E-state index in [0.717, 1.165) is 28.2 Å². The second kappa shape index (κ2) is 6.82. The molecule has 0 saturated heterocycles. The van der Waals surface area contributed by atoms with Crippen LogP contribution < -0.4 is 9.47 Å². The van der Waals surface area contributed by atoms with E-state index >= 15 is 0 Å². The van der Waals surface area contributed by atoms with Crippen LogP contribution in [0.4, 0.5) is 0 Å². The molecule has 0 aliphatic carbocycles. The van der Waals surface area contributed by atoms with Crippen LogP contribution in [-0.2, 0) is 5.60 Å². The van der Waals surface area contributed by atoms with Gasteiger partial charge < -0.3 is 9.47 Å². The summed E-state index contributed by atoms with van der Waals surface area (Å²) in [7, 11) is 1.69. The molecule has 1 heterocycles. The molecule has 29 heavy (non-hydrogen) atoms. The predicted molar refractivity (Wildman–Crippen MR) is 119 cm³/mol. The van der Waals surface area contributed by atoms with Gasteiger partial charge in [-0.1, -0.05) is 66.7 Å². The van der Waals surface area contributed by atoms with Gasteiger partial charge >= 0.3 is 0 Å². The Morgan fingerprint density at radius 2 is 1.55 bits per heavy atom. The summed E-state index contributed by atoms with van der Waals surface area (Å²) in [6.45, 7) is 2.13. The van der Waals surface area contributed by atoms with Gasteiger partial charge in [-0.25, -0.2) is 0 Å². The third-order valence-electron chi connectivity index (χ3n) is 5.75. The lowest BCUT2D eigenvalue weighted by molar-refractivity contribution is 0.160. The maximum absolute atomic E-state index is 6.83. The minimum absolute atomic E-state index is 0.687. The summed E-state index contributed by atoms with van der Waals surface area (Å²) in [6, 6.07) is 29.2. The van der Waals surface area contributed by atoms with E-state index in [0.29, 0.717) is 0 Å². The molecule has 0 fully saturated rings. The Morgan fingerprint density at radius 3 is 2.34 bits per heavy atom. The molecule has 2 nitrogen and oxygen atoms in total. The summed E-state index contributed by atoms with van der Waals surface area (Å²) in [5.74, 6) is 1.73. The van der Waals surface area contributed by atoms with Gasteiger partial charge in [0.15, 0.2) is 5.60 Å². The fourth-order valence-corrected chi connectivity index (χ4v) is 4.23. The first-order valence-corrected chi connectivity index (χ1v) is 9.82. The van der Waals surface area contributed by atoms with Crippen LogP contribution >= 0.6 is 0 Å². The predicted octanol–water partition coefficient (Wildman–Crippen LogP) is 6.51. The normalized spacial score (nSPS) is 17.6. The zero-order chi connectivity index (χ0) is 19.8. The second-order valence-corrected chi connectivity index (χ2v) is 7.41. The lowest BCUT2D eigenvalue weighted by Crippen LogP contribution is -2.35. The number of hydrogen-bond donors (Lipinski definition) is 0. The maximum atomic E-state index is 6.83. The van der Waals surface area contributed by atoms with Crippen molar-refractivity contribution in [3.63, 3.8) is 0 Å². The molecule has 0 spiro atoms. The Kier molecular flexibility index (Phi) is 4.13. The van der Waals surface area contributed by atoms with Gasteiger partial charge in [-0.15, -0.1) is 0 Å². The summed E-state index contributed by atoms with van der Waals surface area (Å²) in [4.78, 5) is 0. The fraction of sp³-hybridized carbons (Fsp3) is 0.111. The lowest BCUT2D eigenvalue weighted by atomic mass is 9.81. The summed E-state index contributed by atoms with van der Waals surface area (Å²) >= 11 is 0. The molecule has 5 rings (SSSR count). The Morgan fingerprint density at radius 1 is 0.793 bits per heavy atom. The van der Waals surface area contributed by atoms with Gasteiger partial charge in [-0.05, 0) is 53.6 Å². The first-order chi connectivity index (χ1) is 14.2. The summed E-state index contributed by atoms with van der Waals surface area (Å²) in [5.41, 5.74) is 3.84. The monoisotopic (exact) mass is 378 g/mol. The molecule has 1 aliphatic rings. The number of fused-ring (bicyclic) bond motifs is 3. The second-order valence-electron chi connectivity index (χ2n) is 7.41. The van der Waals surface area contributed by atoms with E-state index < -0.39 is 5.60 Å². The molecule has 4 aromatic carbocycles. The Balaban J connectivity index is 1.74. The van der Waals surface area contributed by atoms with E-state index in [1.165, 1.54) is 16.3 Å². The molecule has 0 amide bonds. The van der Waals surface area contributed by atoms with Crippen molar-refractivity contribution in [3.8, 4) is 11.5 Å². The average Bonchev–Trinajstić information content (AvgIpc) is 2.79. The van der Waals surface area contributed by atoms with E-state index in [2.05, 4.69) is 91.9 Å². The van der Waals surface area contributed by atoms with Crippen molar-refractivity contribution in [1.82, 2.24) is 0 Å². The molecule has 1 atom stereocenters. The molecule has 0 N–H and O–H groups in total. The molecule has 142 valence electrons. The minimum Gasteiger partial charge on any atom is -0.497 e. The van der Waals surface area contributed by atoms with Crippen molar-refractivity contribution in [3.05, 3.63) is 113 Å². The quantitative estimate of drug-likeness (QED) is 0.405. The number of benzene rings is 4. The maximum Gasteiger partial charge on any atom is 0.178 e. The van der Waals surface area contributed by atoms with E-state index in [1.807, 2.05) is 12.1 Å². The van der Waals surface area contributed by atoms with E-state index in [-0.39, 0.29) is 0 Å². The highest BCUT2D eigenvalue weighted by atomic mass is 16.5. The third kappa shape index (κ3) is 2.80. The van der Waals surface area contributed by atoms with Gasteiger partial charge in [0, 0.05) is 16.7 Å². The van der Waals surface area contributed by atoms with Crippen LogP contribution in [-0.4, -0.2) is 7.11 Å². The van der Waals surface area contributed by atoms with Crippen LogP contribution in [0.1, 0.15) is 22.3 Å². The number of methoxy groups -OCH3 is 1. The van der Waals surface area contributed by atoms with Gasteiger partial charge in [0.2, 0.25) is 0 Å². The summed E-state index contributed by atoms with van der Waals surface area (Å²) < 4.78 is 12.2. The average molecular weight is 378 g/mol. The highest BCUT2D eigenvalue weighted by molar-refractivity contribution is 5.94. The molecule has 1 unspecified atom stereocenters. The molecular formula is C27H22O2. The molecule has 2 heteroatoms. The zero-order valence-electron chi connectivity index (χ0n) is 16.6. The lowest BCUT2D eigenvalue weighted by Gasteiger charge is -2.37. The van der Waals surface area contributed by atoms with Gasteiger partial charge in [0.25, 0.3) is 0 Å². The molecule has 0 radical (unpaired) electrons. The van der Waals surface area contributed by atoms with E-state index in [4.69, 9.17) is 9.47 Å². The van der Waals surface area contributed by atoms with Gasteiger partial charge in [0.1, 0.15) is 11.5 Å². The Hall–Kier alpha value is -3.52. The molecular weight excluding hydrogens is 356 g/mol. The standard InChI is InChI=1S/C27H22O2/c1-19-7-3-6-10-25(19)27(21-12-14-22(28-2)15-13-21)18-17-24-23-9-5-4-8-20(23)11-16-26(24)29-27/h3-18H,1-2H3. The van der Waals surface area contributed by atoms with Crippen LogP contribution in [0.3, 0.4) is 0 Å². The number of rotatable bonds is 3. The smallest absolute Gasteiger partial charge is 0.178 e. The van der Waals surface area contributed by atoms with Gasteiger partial charge in [-0.3, -0.25) is 0 Å². The number of hydrogen-bond acceptors (Lipinski definition) is 2. The molecule has 4 aromatic rings. The van der Waals surface area contributed by atoms with Crippen molar-refractivity contribution >= 4 is 16.8 Å². The molecule has 0 saturated carbocycles. The van der Waals surface area contributed by atoms with Crippen LogP contribution in [0.5, 0.6) is 11.5 Å². The van der Waals surface area contributed by atoms with Crippen molar-refractivity contribution in [2.75, 3.05) is 7.11 Å². The summed E-state index contributed by atoms with van der Waals surface area (Å²) in [5, 5.41) is 2.42. The number of ether oxygens (including phenoxy) is 2. The van der Waals surface area contributed by atoms with Crippen LogP contribution in [0.25, 0.3) is 16.8 Å². The molecule has 0 aromatic heterocycles. The van der Waals surface area contributed by atoms with Crippen molar-refractivity contribution in [2.24, 2.45) is 0 Å². The number of aryl methyl sites for hydroxylation is 1. The van der Waals surface area contributed by atoms with Gasteiger partial charge in [-0.2, -0.15) is 0 Å². The Bertz CT molecular complexity index is 1220. The zero-order valence-corrected chi connectivity index (χ0v) is 16.6. The van der Waals surface area contributed by atoms with Crippen molar-refractivity contribution < 1.29 is 9.47 Å². The molecule has 0 bridgehead atoms. The minimum atomic E-state index is -0.687. The molecule has 1 aliphatic heterocycles. The van der Waals surface area contributed by atoms with Crippen molar-refractivity contribution in [2.45, 2.75) is 12.5 Å². The topological polar surface area (TPSA) is 18.5 Å². The van der Waals surface area contributed by atoms with E-state index in [1.54, 1.807) is 7.11 Å². The first kappa shape index (κ1) is 17.6. The van der Waals surface area contributed by atoms with Crippen molar-refractivity contribution in [1.29, 1.82) is 0 Å². The summed E-state index contributed by atoms with van der Waals surface area (Å²) in [6.07, 6.45) is 4.39. The first-order valence-electron chi connectivity index (χ1n) is 9.82. The van der Waals surface area contributed by atoms with Crippen LogP contribution in [0.2, 0.25) is 0 Å². The fourth-order valence-electron chi connectivity index (χ4n) is 4.23. The Labute approximate surface area is 171 Å². The van der Waals surface area contributed by atoms with Crippen LogP contribution in [0.15, 0.2) is 91.0 Å². The van der Waals surface area contributed by atoms with Crippen LogP contribution in [0, 0.1) is 6.92 Å². The van der Waals surface area contributed by atoms with Gasteiger partial charge in [0.05, 0.1) is 7.11 Å². The highest BCUT2D eigenvalue weighted by Crippen LogP contribution is 2.45.